The number of rotatable bonds is 4. The lowest BCUT2D eigenvalue weighted by molar-refractivity contribution is 0.566. The fourth-order valence-electron chi connectivity index (χ4n) is 1.75. The van der Waals surface area contributed by atoms with E-state index in [9.17, 15) is 13.2 Å². The molecule has 0 spiro atoms. The van der Waals surface area contributed by atoms with Gasteiger partial charge in [0.25, 0.3) is 0 Å². The van der Waals surface area contributed by atoms with Crippen LogP contribution in [0.1, 0.15) is 18.5 Å². The average molecular weight is 357 g/mol. The molecule has 0 aliphatic carbocycles. The Kier molecular flexibility index (Phi) is 4.42. The van der Waals surface area contributed by atoms with Gasteiger partial charge in [-0.1, -0.05) is 34.1 Å². The van der Waals surface area contributed by atoms with Gasteiger partial charge in [-0.15, -0.1) is 0 Å². The van der Waals surface area contributed by atoms with Gasteiger partial charge in [0.15, 0.2) is 0 Å². The Morgan fingerprint density at radius 1 is 1.20 bits per heavy atom. The Morgan fingerprint density at radius 2 is 1.90 bits per heavy atom. The van der Waals surface area contributed by atoms with Gasteiger partial charge in [-0.2, -0.15) is 0 Å². The van der Waals surface area contributed by atoms with Crippen LogP contribution in [0.3, 0.4) is 0 Å². The predicted octanol–water partition coefficient (Wildman–Crippen LogP) is 2.18. The lowest BCUT2D eigenvalue weighted by atomic mass is 10.1. The first-order valence-corrected chi connectivity index (χ1v) is 8.13. The molecule has 7 heteroatoms. The van der Waals surface area contributed by atoms with E-state index in [2.05, 4.69) is 25.6 Å². The third-order valence-corrected chi connectivity index (χ3v) is 5.03. The minimum Gasteiger partial charge on any atom is -0.328 e. The van der Waals surface area contributed by atoms with Crippen molar-refractivity contribution in [3.05, 3.63) is 63.0 Å². The van der Waals surface area contributed by atoms with Crippen molar-refractivity contribution in [2.75, 3.05) is 0 Å². The molecule has 1 aromatic carbocycles. The average Bonchev–Trinajstić information content (AvgIpc) is 2.39. The smallest absolute Gasteiger partial charge is 0.247 e. The summed E-state index contributed by atoms with van der Waals surface area (Å²) in [7, 11) is -3.68. The number of aromatic nitrogens is 1. The molecular formula is C13H13BrN2O3S. The maximum atomic E-state index is 12.2. The van der Waals surface area contributed by atoms with Crippen LogP contribution in [0.25, 0.3) is 0 Å². The van der Waals surface area contributed by atoms with Crippen molar-refractivity contribution in [3.8, 4) is 0 Å². The van der Waals surface area contributed by atoms with E-state index < -0.39 is 16.1 Å². The standard InChI is InChI=1S/C13H13BrN2O3S/c1-9(11-4-2-3-5-12(11)14)16-20(18,19)10-6-7-13(17)15-8-10/h2-9,16H,1H3,(H,15,17). The highest BCUT2D eigenvalue weighted by Gasteiger charge is 2.19. The topological polar surface area (TPSA) is 79.0 Å². The van der Waals surface area contributed by atoms with Crippen LogP contribution in [0.2, 0.25) is 0 Å². The molecule has 0 saturated carbocycles. The molecule has 0 aliphatic heterocycles. The second kappa shape index (κ2) is 5.90. The van der Waals surface area contributed by atoms with Crippen LogP contribution in [0.4, 0.5) is 0 Å². The normalized spacial score (nSPS) is 13.1. The number of pyridine rings is 1. The van der Waals surface area contributed by atoms with Gasteiger partial charge >= 0.3 is 0 Å². The van der Waals surface area contributed by atoms with Crippen molar-refractivity contribution in [3.63, 3.8) is 0 Å². The van der Waals surface area contributed by atoms with Gasteiger partial charge in [-0.05, 0) is 24.6 Å². The number of hydrogen-bond acceptors (Lipinski definition) is 3. The molecule has 5 nitrogen and oxygen atoms in total. The first kappa shape index (κ1) is 15.0. The SMILES string of the molecule is CC(NS(=O)(=O)c1ccc(=O)[nH]c1)c1ccccc1Br. The Bertz CT molecular complexity index is 751. The summed E-state index contributed by atoms with van der Waals surface area (Å²) in [5, 5.41) is 0. The molecule has 1 atom stereocenters. The second-order valence-corrected chi connectivity index (χ2v) is 6.82. The molecule has 1 aromatic heterocycles. The highest BCUT2D eigenvalue weighted by Crippen LogP contribution is 2.24. The Hall–Kier alpha value is -1.44. The van der Waals surface area contributed by atoms with E-state index in [1.54, 1.807) is 6.92 Å². The van der Waals surface area contributed by atoms with Crippen molar-refractivity contribution in [1.29, 1.82) is 0 Å². The van der Waals surface area contributed by atoms with Gasteiger partial charge in [0, 0.05) is 22.8 Å². The number of aromatic amines is 1. The summed E-state index contributed by atoms with van der Waals surface area (Å²) in [6, 6.07) is 9.43. The number of halogens is 1. The molecule has 0 aliphatic rings. The fraction of sp³-hybridized carbons (Fsp3) is 0.154. The third-order valence-electron chi connectivity index (χ3n) is 2.77. The number of H-pyrrole nitrogens is 1. The Labute approximate surface area is 125 Å². The van der Waals surface area contributed by atoms with E-state index in [0.717, 1.165) is 10.0 Å². The van der Waals surface area contributed by atoms with Gasteiger partial charge in [-0.3, -0.25) is 4.79 Å². The summed E-state index contributed by atoms with van der Waals surface area (Å²) in [6.45, 7) is 1.75. The first-order chi connectivity index (χ1) is 9.40. The van der Waals surface area contributed by atoms with Crippen molar-refractivity contribution >= 4 is 26.0 Å². The van der Waals surface area contributed by atoms with Gasteiger partial charge in [0.1, 0.15) is 0 Å². The van der Waals surface area contributed by atoms with Crippen LogP contribution < -0.4 is 10.3 Å². The van der Waals surface area contributed by atoms with E-state index in [0.29, 0.717) is 0 Å². The zero-order valence-corrected chi connectivity index (χ0v) is 13.0. The molecule has 0 fully saturated rings. The van der Waals surface area contributed by atoms with Gasteiger partial charge < -0.3 is 4.98 Å². The summed E-state index contributed by atoms with van der Waals surface area (Å²) in [6.07, 6.45) is 1.18. The first-order valence-electron chi connectivity index (χ1n) is 5.85. The molecule has 2 N–H and O–H groups in total. The molecule has 2 rings (SSSR count). The molecule has 2 aromatic rings. The van der Waals surface area contributed by atoms with Crippen LogP contribution in [0.5, 0.6) is 0 Å². The van der Waals surface area contributed by atoms with Gasteiger partial charge in [0.05, 0.1) is 4.90 Å². The van der Waals surface area contributed by atoms with E-state index >= 15 is 0 Å². The van der Waals surface area contributed by atoms with Crippen LogP contribution in [0, 0.1) is 0 Å². The van der Waals surface area contributed by atoms with E-state index in [-0.39, 0.29) is 10.5 Å². The minimum absolute atomic E-state index is 0.0241. The Morgan fingerprint density at radius 3 is 2.50 bits per heavy atom. The molecular weight excluding hydrogens is 344 g/mol. The van der Waals surface area contributed by atoms with E-state index in [4.69, 9.17) is 0 Å². The van der Waals surface area contributed by atoms with Crippen LogP contribution in [-0.4, -0.2) is 13.4 Å². The molecule has 20 heavy (non-hydrogen) atoms. The maximum Gasteiger partial charge on any atom is 0.247 e. The zero-order chi connectivity index (χ0) is 14.8. The summed E-state index contributed by atoms with van der Waals surface area (Å²) in [5.41, 5.74) is 0.489. The van der Waals surface area contributed by atoms with Crippen LogP contribution >= 0.6 is 15.9 Å². The van der Waals surface area contributed by atoms with E-state index in [1.165, 1.54) is 18.3 Å². The second-order valence-electron chi connectivity index (χ2n) is 4.25. The predicted molar refractivity (Wildman–Crippen MR) is 79.9 cm³/mol. The summed E-state index contributed by atoms with van der Waals surface area (Å²) < 4.78 is 27.8. The van der Waals surface area contributed by atoms with Gasteiger partial charge in [0.2, 0.25) is 15.6 Å². The maximum absolute atomic E-state index is 12.2. The van der Waals surface area contributed by atoms with Crippen molar-refractivity contribution in [1.82, 2.24) is 9.71 Å². The molecule has 0 radical (unpaired) electrons. The van der Waals surface area contributed by atoms with Crippen LogP contribution in [0.15, 0.2) is 56.8 Å². The number of nitrogens with one attached hydrogen (secondary N) is 2. The van der Waals surface area contributed by atoms with Crippen LogP contribution in [-0.2, 0) is 10.0 Å². The summed E-state index contributed by atoms with van der Waals surface area (Å²) >= 11 is 3.39. The van der Waals surface area contributed by atoms with Crippen molar-refractivity contribution in [2.45, 2.75) is 17.9 Å². The zero-order valence-electron chi connectivity index (χ0n) is 10.6. The lowest BCUT2D eigenvalue weighted by Crippen LogP contribution is -2.27. The number of benzene rings is 1. The molecule has 1 heterocycles. The van der Waals surface area contributed by atoms with E-state index in [1.807, 2.05) is 24.3 Å². The molecule has 0 amide bonds. The minimum atomic E-state index is -3.68. The third kappa shape index (κ3) is 3.36. The van der Waals surface area contributed by atoms with Gasteiger partial charge in [-0.25, -0.2) is 13.1 Å². The number of hydrogen-bond donors (Lipinski definition) is 2. The lowest BCUT2D eigenvalue weighted by Gasteiger charge is -2.15. The molecule has 0 saturated heterocycles. The monoisotopic (exact) mass is 356 g/mol. The quantitative estimate of drug-likeness (QED) is 0.880. The molecule has 106 valence electrons. The highest BCUT2D eigenvalue weighted by atomic mass is 79.9. The van der Waals surface area contributed by atoms with Crippen molar-refractivity contribution in [2.24, 2.45) is 0 Å². The fourth-order valence-corrected chi connectivity index (χ4v) is 3.57. The highest BCUT2D eigenvalue weighted by molar-refractivity contribution is 9.10. The summed E-state index contributed by atoms with van der Waals surface area (Å²) in [4.78, 5) is 13.3. The number of sulfonamides is 1. The molecule has 0 bridgehead atoms. The largest absolute Gasteiger partial charge is 0.328 e. The molecule has 1 unspecified atom stereocenters. The Balaban J connectivity index is 2.27. The summed E-state index contributed by atoms with van der Waals surface area (Å²) in [5.74, 6) is 0. The van der Waals surface area contributed by atoms with Crippen molar-refractivity contribution < 1.29 is 8.42 Å².